The Morgan fingerprint density at radius 1 is 1.09 bits per heavy atom. The molecule has 0 fully saturated rings. The van der Waals surface area contributed by atoms with E-state index in [1.54, 1.807) is 24.5 Å². The number of rotatable bonds is 3. The molecule has 2 heterocycles. The number of imidazole rings is 1. The van der Waals surface area contributed by atoms with E-state index in [1.807, 2.05) is 41.1 Å². The number of aromatic nitrogens is 3. The average molecular weight is 286 g/mol. The van der Waals surface area contributed by atoms with Gasteiger partial charge in [0, 0.05) is 30.4 Å². The second-order valence-corrected chi connectivity index (χ2v) is 4.56. The summed E-state index contributed by atoms with van der Waals surface area (Å²) in [5, 5.41) is 17.3. The Morgan fingerprint density at radius 3 is 2.59 bits per heavy atom. The molecule has 0 aliphatic rings. The zero-order valence-corrected chi connectivity index (χ0v) is 11.5. The zero-order chi connectivity index (χ0) is 15.4. The van der Waals surface area contributed by atoms with Crippen molar-refractivity contribution in [2.24, 2.45) is 4.99 Å². The molecule has 0 unspecified atom stereocenters. The molecule has 104 valence electrons. The summed E-state index contributed by atoms with van der Waals surface area (Å²) >= 11 is 0. The van der Waals surface area contributed by atoms with E-state index in [4.69, 9.17) is 10.5 Å². The molecule has 2 aromatic heterocycles. The van der Waals surface area contributed by atoms with Crippen molar-refractivity contribution in [2.45, 2.75) is 6.54 Å². The summed E-state index contributed by atoms with van der Waals surface area (Å²) in [5.41, 5.74) is 2.83. The van der Waals surface area contributed by atoms with Gasteiger partial charge in [-0.3, -0.25) is 9.39 Å². The smallest absolute Gasteiger partial charge is 0.233 e. The fourth-order valence-corrected chi connectivity index (χ4v) is 2.03. The van der Waals surface area contributed by atoms with Crippen molar-refractivity contribution in [3.63, 3.8) is 0 Å². The van der Waals surface area contributed by atoms with Gasteiger partial charge in [0.25, 0.3) is 0 Å². The third-order valence-corrected chi connectivity index (χ3v) is 3.16. The van der Waals surface area contributed by atoms with Crippen molar-refractivity contribution in [3.8, 4) is 23.3 Å². The summed E-state index contributed by atoms with van der Waals surface area (Å²) in [6.45, 7) is 0.315. The SMILES string of the molecule is N#CC(C#N)=NCc1ccc(-c2cnc3nccn3c2)cc1. The van der Waals surface area contributed by atoms with Crippen LogP contribution in [0.5, 0.6) is 0 Å². The van der Waals surface area contributed by atoms with E-state index in [1.165, 1.54) is 0 Å². The second-order valence-electron chi connectivity index (χ2n) is 4.56. The summed E-state index contributed by atoms with van der Waals surface area (Å²) in [7, 11) is 0. The van der Waals surface area contributed by atoms with Crippen molar-refractivity contribution in [1.82, 2.24) is 14.4 Å². The van der Waals surface area contributed by atoms with Crippen LogP contribution in [0.25, 0.3) is 16.9 Å². The highest BCUT2D eigenvalue weighted by atomic mass is 15.1. The Balaban J connectivity index is 1.83. The molecule has 0 saturated heterocycles. The fraction of sp³-hybridized carbons (Fsp3) is 0.0625. The molecule has 0 spiro atoms. The lowest BCUT2D eigenvalue weighted by molar-refractivity contribution is 1.07. The van der Waals surface area contributed by atoms with Gasteiger partial charge in [-0.1, -0.05) is 24.3 Å². The molecule has 0 aliphatic heterocycles. The number of nitrogens with zero attached hydrogens (tertiary/aromatic N) is 6. The molecule has 3 aromatic rings. The van der Waals surface area contributed by atoms with Gasteiger partial charge in [0.05, 0.1) is 6.54 Å². The first-order valence-corrected chi connectivity index (χ1v) is 6.53. The summed E-state index contributed by atoms with van der Waals surface area (Å²) < 4.78 is 1.86. The standard InChI is InChI=1S/C16H10N6/c17-7-15(8-18)20-9-12-1-3-13(4-2-12)14-10-21-16-19-5-6-22(16)11-14/h1-6,10-11H,9H2. The lowest BCUT2D eigenvalue weighted by Crippen LogP contribution is -1.92. The molecule has 6 heteroatoms. The van der Waals surface area contributed by atoms with E-state index in [-0.39, 0.29) is 5.71 Å². The molecular formula is C16H10N6. The molecule has 0 amide bonds. The summed E-state index contributed by atoms with van der Waals surface area (Å²) in [4.78, 5) is 12.3. The number of hydrogen-bond donors (Lipinski definition) is 0. The van der Waals surface area contributed by atoms with Gasteiger partial charge >= 0.3 is 0 Å². The lowest BCUT2D eigenvalue weighted by Gasteiger charge is -2.03. The van der Waals surface area contributed by atoms with E-state index in [2.05, 4.69) is 15.0 Å². The average Bonchev–Trinajstić information content (AvgIpc) is 3.04. The van der Waals surface area contributed by atoms with Crippen molar-refractivity contribution < 1.29 is 0 Å². The molecular weight excluding hydrogens is 276 g/mol. The molecule has 3 rings (SSSR count). The van der Waals surface area contributed by atoms with Crippen LogP contribution in [0.15, 0.2) is 54.0 Å². The normalized spacial score (nSPS) is 9.91. The zero-order valence-electron chi connectivity index (χ0n) is 11.5. The first-order chi connectivity index (χ1) is 10.8. The van der Waals surface area contributed by atoms with Gasteiger partial charge in [-0.05, 0) is 11.1 Å². The largest absolute Gasteiger partial charge is 0.291 e. The van der Waals surface area contributed by atoms with Crippen LogP contribution >= 0.6 is 0 Å². The van der Waals surface area contributed by atoms with Crippen LogP contribution in [0.4, 0.5) is 0 Å². The van der Waals surface area contributed by atoms with Crippen LogP contribution in [-0.4, -0.2) is 20.1 Å². The van der Waals surface area contributed by atoms with Gasteiger partial charge in [-0.15, -0.1) is 0 Å². The maximum atomic E-state index is 8.65. The first-order valence-electron chi connectivity index (χ1n) is 6.53. The van der Waals surface area contributed by atoms with Gasteiger partial charge in [-0.25, -0.2) is 9.97 Å². The maximum absolute atomic E-state index is 8.65. The predicted octanol–water partition coefficient (Wildman–Crippen LogP) is 2.38. The third-order valence-electron chi connectivity index (χ3n) is 3.16. The number of benzene rings is 1. The van der Waals surface area contributed by atoms with Crippen molar-refractivity contribution in [3.05, 3.63) is 54.6 Å². The first kappa shape index (κ1) is 13.5. The Hall–Kier alpha value is -3.51. The minimum Gasteiger partial charge on any atom is -0.291 e. The van der Waals surface area contributed by atoms with Crippen LogP contribution in [0.2, 0.25) is 0 Å². The molecule has 0 N–H and O–H groups in total. The summed E-state index contributed by atoms with van der Waals surface area (Å²) in [6.07, 6.45) is 7.29. The van der Waals surface area contributed by atoms with Crippen LogP contribution in [0.3, 0.4) is 0 Å². The van der Waals surface area contributed by atoms with Gasteiger partial charge in [0.1, 0.15) is 12.1 Å². The fourth-order valence-electron chi connectivity index (χ4n) is 2.03. The van der Waals surface area contributed by atoms with Gasteiger partial charge in [-0.2, -0.15) is 10.5 Å². The van der Waals surface area contributed by atoms with E-state index in [0.717, 1.165) is 16.7 Å². The Kier molecular flexibility index (Phi) is 3.59. The molecule has 0 bridgehead atoms. The summed E-state index contributed by atoms with van der Waals surface area (Å²) in [6, 6.07) is 11.3. The highest BCUT2D eigenvalue weighted by molar-refractivity contribution is 6.10. The lowest BCUT2D eigenvalue weighted by atomic mass is 10.1. The second kappa shape index (κ2) is 5.86. The molecule has 0 aliphatic carbocycles. The topological polar surface area (TPSA) is 90.1 Å². The summed E-state index contributed by atoms with van der Waals surface area (Å²) in [5.74, 6) is 0.662. The van der Waals surface area contributed by atoms with E-state index < -0.39 is 0 Å². The maximum Gasteiger partial charge on any atom is 0.233 e. The van der Waals surface area contributed by atoms with E-state index in [9.17, 15) is 0 Å². The van der Waals surface area contributed by atoms with Crippen LogP contribution in [-0.2, 0) is 6.54 Å². The van der Waals surface area contributed by atoms with Crippen LogP contribution < -0.4 is 0 Å². The highest BCUT2D eigenvalue weighted by Gasteiger charge is 2.02. The third kappa shape index (κ3) is 2.67. The number of nitriles is 2. The van der Waals surface area contributed by atoms with Gasteiger partial charge in [0.15, 0.2) is 0 Å². The highest BCUT2D eigenvalue weighted by Crippen LogP contribution is 2.19. The Morgan fingerprint density at radius 2 is 1.86 bits per heavy atom. The van der Waals surface area contributed by atoms with Crippen molar-refractivity contribution in [2.75, 3.05) is 0 Å². The van der Waals surface area contributed by atoms with Crippen molar-refractivity contribution in [1.29, 1.82) is 10.5 Å². The number of hydrogen-bond acceptors (Lipinski definition) is 5. The molecule has 6 nitrogen and oxygen atoms in total. The van der Waals surface area contributed by atoms with E-state index in [0.29, 0.717) is 12.3 Å². The Bertz CT molecular complexity index is 906. The molecule has 0 saturated carbocycles. The number of aliphatic imine (C=N–C) groups is 1. The van der Waals surface area contributed by atoms with Crippen LogP contribution in [0, 0.1) is 22.7 Å². The minimum atomic E-state index is -0.112. The van der Waals surface area contributed by atoms with Gasteiger partial charge in [0.2, 0.25) is 11.5 Å². The monoisotopic (exact) mass is 286 g/mol. The van der Waals surface area contributed by atoms with Crippen molar-refractivity contribution >= 4 is 11.5 Å². The van der Waals surface area contributed by atoms with Gasteiger partial charge < -0.3 is 0 Å². The molecule has 0 radical (unpaired) electrons. The van der Waals surface area contributed by atoms with Crippen LogP contribution in [0.1, 0.15) is 5.56 Å². The predicted molar refractivity (Wildman–Crippen MR) is 80.8 cm³/mol. The molecule has 1 aromatic carbocycles. The minimum absolute atomic E-state index is 0.112. The molecule has 22 heavy (non-hydrogen) atoms. The van der Waals surface area contributed by atoms with E-state index >= 15 is 0 Å². The Labute approximate surface area is 126 Å². The molecule has 0 atom stereocenters. The number of fused-ring (bicyclic) bond motifs is 1. The quantitative estimate of drug-likeness (QED) is 0.691.